The van der Waals surface area contributed by atoms with Gasteiger partial charge in [0.05, 0.1) is 12.3 Å². The summed E-state index contributed by atoms with van der Waals surface area (Å²) in [5, 5.41) is 16.6. The van der Waals surface area contributed by atoms with E-state index in [2.05, 4.69) is 10.3 Å². The molecule has 0 fully saturated rings. The van der Waals surface area contributed by atoms with Crippen LogP contribution in [0.15, 0.2) is 30.3 Å². The Morgan fingerprint density at radius 2 is 2.12 bits per heavy atom. The second kappa shape index (κ2) is 4.55. The Kier molecular flexibility index (Phi) is 2.94. The Morgan fingerprint density at radius 3 is 2.75 bits per heavy atom. The van der Waals surface area contributed by atoms with Gasteiger partial charge in [-0.1, -0.05) is 23.4 Å². The fraction of sp³-hybridized carbons (Fsp3) is 0.182. The van der Waals surface area contributed by atoms with Gasteiger partial charge in [0.25, 0.3) is 0 Å². The van der Waals surface area contributed by atoms with Crippen LogP contribution >= 0.6 is 0 Å². The van der Waals surface area contributed by atoms with Crippen LogP contribution < -0.4 is 0 Å². The SMILES string of the molecule is COCc1c(C#N)nnn1-c1ccccc1. The van der Waals surface area contributed by atoms with Crippen LogP contribution in [-0.2, 0) is 11.3 Å². The van der Waals surface area contributed by atoms with Gasteiger partial charge in [0.15, 0.2) is 5.69 Å². The number of hydrogen-bond acceptors (Lipinski definition) is 4. The Balaban J connectivity index is 2.50. The first-order valence-electron chi connectivity index (χ1n) is 4.76. The van der Waals surface area contributed by atoms with Gasteiger partial charge in [-0.3, -0.25) is 0 Å². The Hall–Kier alpha value is -2.19. The molecule has 0 aliphatic rings. The van der Waals surface area contributed by atoms with E-state index in [1.807, 2.05) is 36.4 Å². The monoisotopic (exact) mass is 214 g/mol. The number of nitrogens with zero attached hydrogens (tertiary/aromatic N) is 4. The molecular weight excluding hydrogens is 204 g/mol. The molecule has 5 nitrogen and oxygen atoms in total. The van der Waals surface area contributed by atoms with Crippen LogP contribution in [0.4, 0.5) is 0 Å². The maximum Gasteiger partial charge on any atom is 0.188 e. The molecular formula is C11H10N4O. The number of ether oxygens (including phenoxy) is 1. The molecule has 1 aromatic heterocycles. The zero-order valence-electron chi connectivity index (χ0n) is 8.79. The van der Waals surface area contributed by atoms with Crippen LogP contribution in [0.3, 0.4) is 0 Å². The fourth-order valence-electron chi connectivity index (χ4n) is 1.43. The van der Waals surface area contributed by atoms with Crippen LogP contribution in [0, 0.1) is 11.3 Å². The third kappa shape index (κ3) is 1.78. The molecule has 80 valence electrons. The van der Waals surface area contributed by atoms with Crippen molar-refractivity contribution in [2.45, 2.75) is 6.61 Å². The van der Waals surface area contributed by atoms with Gasteiger partial charge >= 0.3 is 0 Å². The van der Waals surface area contributed by atoms with Gasteiger partial charge in [0.1, 0.15) is 11.8 Å². The minimum Gasteiger partial charge on any atom is -0.378 e. The quantitative estimate of drug-likeness (QED) is 0.772. The van der Waals surface area contributed by atoms with Crippen molar-refractivity contribution >= 4 is 0 Å². The summed E-state index contributed by atoms with van der Waals surface area (Å²) < 4.78 is 6.65. The van der Waals surface area contributed by atoms with E-state index in [1.54, 1.807) is 11.8 Å². The number of methoxy groups -OCH3 is 1. The molecule has 1 heterocycles. The summed E-state index contributed by atoms with van der Waals surface area (Å²) in [6.45, 7) is 0.310. The van der Waals surface area contributed by atoms with Gasteiger partial charge in [0.2, 0.25) is 0 Å². The standard InChI is InChI=1S/C11H10N4O/c1-16-8-11-10(7-12)13-14-15(11)9-5-3-2-4-6-9/h2-6H,8H2,1H3. The van der Waals surface area contributed by atoms with Gasteiger partial charge in [-0.25, -0.2) is 4.68 Å². The highest BCUT2D eigenvalue weighted by Gasteiger charge is 2.13. The molecule has 0 amide bonds. The second-order valence-electron chi connectivity index (χ2n) is 3.18. The molecule has 5 heteroatoms. The Labute approximate surface area is 92.9 Å². The first-order valence-corrected chi connectivity index (χ1v) is 4.76. The lowest BCUT2D eigenvalue weighted by Gasteiger charge is -2.04. The molecule has 16 heavy (non-hydrogen) atoms. The summed E-state index contributed by atoms with van der Waals surface area (Å²) >= 11 is 0. The summed E-state index contributed by atoms with van der Waals surface area (Å²) in [5.41, 5.74) is 1.82. The zero-order valence-corrected chi connectivity index (χ0v) is 8.79. The smallest absolute Gasteiger partial charge is 0.188 e. The second-order valence-corrected chi connectivity index (χ2v) is 3.18. The van der Waals surface area contributed by atoms with Crippen LogP contribution in [0.5, 0.6) is 0 Å². The largest absolute Gasteiger partial charge is 0.378 e. The molecule has 0 radical (unpaired) electrons. The van der Waals surface area contributed by atoms with Gasteiger partial charge in [-0.2, -0.15) is 5.26 Å². The van der Waals surface area contributed by atoms with Crippen molar-refractivity contribution in [3.05, 3.63) is 41.7 Å². The molecule has 0 saturated heterocycles. The van der Waals surface area contributed by atoms with E-state index in [4.69, 9.17) is 10.00 Å². The number of nitriles is 1. The zero-order chi connectivity index (χ0) is 11.4. The Bertz CT molecular complexity index is 513. The molecule has 0 atom stereocenters. The summed E-state index contributed by atoms with van der Waals surface area (Å²) in [6.07, 6.45) is 0. The predicted molar refractivity (Wildman–Crippen MR) is 56.8 cm³/mol. The topological polar surface area (TPSA) is 63.7 Å². The third-order valence-corrected chi connectivity index (χ3v) is 2.15. The number of rotatable bonds is 3. The summed E-state index contributed by atoms with van der Waals surface area (Å²) in [4.78, 5) is 0. The lowest BCUT2D eigenvalue weighted by Crippen LogP contribution is -2.04. The average Bonchev–Trinajstić information content (AvgIpc) is 2.74. The molecule has 2 aromatic rings. The van der Waals surface area contributed by atoms with Crippen molar-refractivity contribution < 1.29 is 4.74 Å². The van der Waals surface area contributed by atoms with Crippen molar-refractivity contribution in [3.8, 4) is 11.8 Å². The van der Waals surface area contributed by atoms with E-state index in [9.17, 15) is 0 Å². The van der Waals surface area contributed by atoms with Gasteiger partial charge in [-0.05, 0) is 12.1 Å². The van der Waals surface area contributed by atoms with Crippen molar-refractivity contribution in [2.75, 3.05) is 7.11 Å². The molecule has 1 aromatic carbocycles. The number of benzene rings is 1. The van der Waals surface area contributed by atoms with Crippen LogP contribution in [0.2, 0.25) is 0 Å². The lowest BCUT2D eigenvalue weighted by molar-refractivity contribution is 0.179. The van der Waals surface area contributed by atoms with Crippen molar-refractivity contribution in [1.29, 1.82) is 5.26 Å². The van der Waals surface area contributed by atoms with Crippen LogP contribution in [0.1, 0.15) is 11.4 Å². The van der Waals surface area contributed by atoms with E-state index in [1.165, 1.54) is 0 Å². The predicted octanol–water partition coefficient (Wildman–Crippen LogP) is 1.29. The fourth-order valence-corrected chi connectivity index (χ4v) is 1.43. The molecule has 0 N–H and O–H groups in total. The molecule has 0 unspecified atom stereocenters. The molecule has 0 bridgehead atoms. The molecule has 0 saturated carbocycles. The van der Waals surface area contributed by atoms with Crippen LogP contribution in [0.25, 0.3) is 5.69 Å². The highest BCUT2D eigenvalue weighted by Crippen LogP contribution is 2.12. The third-order valence-electron chi connectivity index (χ3n) is 2.15. The number of hydrogen-bond donors (Lipinski definition) is 0. The molecule has 0 spiro atoms. The molecule has 2 rings (SSSR count). The van der Waals surface area contributed by atoms with Crippen molar-refractivity contribution in [3.63, 3.8) is 0 Å². The lowest BCUT2D eigenvalue weighted by atomic mass is 10.3. The maximum atomic E-state index is 8.88. The highest BCUT2D eigenvalue weighted by atomic mass is 16.5. The van der Waals surface area contributed by atoms with E-state index >= 15 is 0 Å². The summed E-state index contributed by atoms with van der Waals surface area (Å²) in [6, 6.07) is 11.5. The van der Waals surface area contributed by atoms with Crippen molar-refractivity contribution in [2.24, 2.45) is 0 Å². The van der Waals surface area contributed by atoms with Gasteiger partial charge < -0.3 is 4.74 Å². The molecule has 0 aliphatic carbocycles. The van der Waals surface area contributed by atoms with E-state index in [-0.39, 0.29) is 0 Å². The first-order chi connectivity index (χ1) is 7.86. The molecule has 0 aliphatic heterocycles. The number of aromatic nitrogens is 3. The summed E-state index contributed by atoms with van der Waals surface area (Å²) in [7, 11) is 1.57. The van der Waals surface area contributed by atoms with E-state index in [0.717, 1.165) is 5.69 Å². The normalized spacial score (nSPS) is 10.0. The highest BCUT2D eigenvalue weighted by molar-refractivity contribution is 5.35. The maximum absolute atomic E-state index is 8.88. The van der Waals surface area contributed by atoms with Gasteiger partial charge in [0, 0.05) is 7.11 Å². The van der Waals surface area contributed by atoms with Crippen LogP contribution in [-0.4, -0.2) is 22.1 Å². The Morgan fingerprint density at radius 1 is 1.38 bits per heavy atom. The van der Waals surface area contributed by atoms with E-state index < -0.39 is 0 Å². The van der Waals surface area contributed by atoms with Crippen molar-refractivity contribution in [1.82, 2.24) is 15.0 Å². The summed E-state index contributed by atoms with van der Waals surface area (Å²) in [5.74, 6) is 0. The average molecular weight is 214 g/mol. The van der Waals surface area contributed by atoms with E-state index in [0.29, 0.717) is 18.0 Å². The van der Waals surface area contributed by atoms with Gasteiger partial charge in [-0.15, -0.1) is 5.10 Å². The minimum absolute atomic E-state index is 0.297. The first kappa shape index (κ1) is 10.3. The minimum atomic E-state index is 0.297. The number of para-hydroxylation sites is 1.